The van der Waals surface area contributed by atoms with Crippen LogP contribution in [-0.2, 0) is 11.2 Å². The molecule has 1 unspecified atom stereocenters. The van der Waals surface area contributed by atoms with Gasteiger partial charge in [-0.15, -0.1) is 11.6 Å². The average Bonchev–Trinajstić information content (AvgIpc) is 2.31. The third-order valence-corrected chi connectivity index (χ3v) is 3.13. The van der Waals surface area contributed by atoms with Gasteiger partial charge in [0.1, 0.15) is 5.75 Å². The third kappa shape index (κ3) is 4.57. The van der Waals surface area contributed by atoms with Crippen LogP contribution >= 0.6 is 11.6 Å². The number of amides is 1. The van der Waals surface area contributed by atoms with E-state index < -0.39 is 0 Å². The lowest BCUT2D eigenvalue weighted by Crippen LogP contribution is -2.39. The minimum Gasteiger partial charge on any atom is -0.508 e. The fourth-order valence-corrected chi connectivity index (χ4v) is 2.02. The Hall–Kier alpha value is -1.22. The number of nitrogens with one attached hydrogen (secondary N) is 1. The molecule has 0 aliphatic heterocycles. The zero-order valence-corrected chi connectivity index (χ0v) is 11.6. The third-order valence-electron chi connectivity index (χ3n) is 2.91. The first-order valence-corrected chi connectivity index (χ1v) is 6.70. The number of halogens is 1. The molecule has 0 aliphatic carbocycles. The second-order valence-corrected chi connectivity index (χ2v) is 5.08. The average molecular weight is 270 g/mol. The predicted molar refractivity (Wildman–Crippen MR) is 73.9 cm³/mol. The van der Waals surface area contributed by atoms with E-state index in [4.69, 9.17) is 11.6 Å². The molecule has 0 saturated heterocycles. The molecule has 1 atom stereocenters. The van der Waals surface area contributed by atoms with Crippen LogP contribution in [0.25, 0.3) is 0 Å². The van der Waals surface area contributed by atoms with E-state index in [2.05, 4.69) is 19.2 Å². The van der Waals surface area contributed by atoms with Gasteiger partial charge in [0, 0.05) is 17.5 Å². The molecule has 1 amide bonds. The van der Waals surface area contributed by atoms with Gasteiger partial charge in [-0.3, -0.25) is 4.79 Å². The fourth-order valence-electron chi connectivity index (χ4n) is 1.78. The van der Waals surface area contributed by atoms with E-state index in [0.717, 1.165) is 6.42 Å². The number of phenols is 1. The Morgan fingerprint density at radius 1 is 1.39 bits per heavy atom. The summed E-state index contributed by atoms with van der Waals surface area (Å²) in [6.45, 7) is 4.11. The SMILES string of the molecule is CC(C)C(CCCl)NC(=O)Cc1ccccc1O. The van der Waals surface area contributed by atoms with Gasteiger partial charge >= 0.3 is 0 Å². The topological polar surface area (TPSA) is 49.3 Å². The second-order valence-electron chi connectivity index (χ2n) is 4.70. The number of carbonyl (C=O) groups is 1. The molecule has 4 heteroatoms. The summed E-state index contributed by atoms with van der Waals surface area (Å²) in [5, 5.41) is 12.6. The van der Waals surface area contributed by atoms with Crippen LogP contribution in [-0.4, -0.2) is 22.9 Å². The van der Waals surface area contributed by atoms with E-state index in [9.17, 15) is 9.90 Å². The van der Waals surface area contributed by atoms with E-state index in [0.29, 0.717) is 17.4 Å². The van der Waals surface area contributed by atoms with Crippen molar-refractivity contribution >= 4 is 17.5 Å². The maximum atomic E-state index is 11.9. The number of hydrogen-bond acceptors (Lipinski definition) is 2. The number of carbonyl (C=O) groups excluding carboxylic acids is 1. The smallest absolute Gasteiger partial charge is 0.224 e. The van der Waals surface area contributed by atoms with E-state index in [1.165, 1.54) is 0 Å². The predicted octanol–water partition coefficient (Wildman–Crippen LogP) is 2.70. The summed E-state index contributed by atoms with van der Waals surface area (Å²) in [6.07, 6.45) is 0.948. The van der Waals surface area contributed by atoms with Crippen molar-refractivity contribution in [2.24, 2.45) is 5.92 Å². The molecule has 1 aromatic carbocycles. The highest BCUT2D eigenvalue weighted by Crippen LogP contribution is 2.16. The zero-order valence-electron chi connectivity index (χ0n) is 10.8. The summed E-state index contributed by atoms with van der Waals surface area (Å²) in [4.78, 5) is 11.9. The molecule has 0 spiro atoms. The van der Waals surface area contributed by atoms with Gasteiger partial charge in [-0.05, 0) is 18.4 Å². The van der Waals surface area contributed by atoms with E-state index in [1.54, 1.807) is 24.3 Å². The quantitative estimate of drug-likeness (QED) is 0.780. The highest BCUT2D eigenvalue weighted by Gasteiger charge is 2.16. The molecule has 0 bridgehead atoms. The second kappa shape index (κ2) is 7.27. The molecule has 0 aliphatic rings. The van der Waals surface area contributed by atoms with Gasteiger partial charge in [-0.1, -0.05) is 32.0 Å². The van der Waals surface area contributed by atoms with Crippen molar-refractivity contribution in [3.63, 3.8) is 0 Å². The Balaban J connectivity index is 2.58. The van der Waals surface area contributed by atoms with Gasteiger partial charge in [0.15, 0.2) is 0 Å². The number of aromatic hydroxyl groups is 1. The van der Waals surface area contributed by atoms with Crippen LogP contribution in [0.15, 0.2) is 24.3 Å². The Bertz CT molecular complexity index is 393. The summed E-state index contributed by atoms with van der Waals surface area (Å²) in [7, 11) is 0. The van der Waals surface area contributed by atoms with E-state index >= 15 is 0 Å². The zero-order chi connectivity index (χ0) is 13.5. The number of phenolic OH excluding ortho intramolecular Hbond substituents is 1. The van der Waals surface area contributed by atoms with Crippen LogP contribution in [0.2, 0.25) is 0 Å². The van der Waals surface area contributed by atoms with Crippen molar-refractivity contribution in [2.45, 2.75) is 32.7 Å². The lowest BCUT2D eigenvalue weighted by atomic mass is 10.0. The van der Waals surface area contributed by atoms with Crippen LogP contribution < -0.4 is 5.32 Å². The molecule has 0 fully saturated rings. The molecule has 2 N–H and O–H groups in total. The Morgan fingerprint density at radius 2 is 2.06 bits per heavy atom. The highest BCUT2D eigenvalue weighted by atomic mass is 35.5. The van der Waals surface area contributed by atoms with Crippen molar-refractivity contribution in [2.75, 3.05) is 5.88 Å². The number of hydrogen-bond donors (Lipinski definition) is 2. The molecule has 100 valence electrons. The van der Waals surface area contributed by atoms with E-state index in [-0.39, 0.29) is 24.1 Å². The maximum Gasteiger partial charge on any atom is 0.224 e. The van der Waals surface area contributed by atoms with Crippen LogP contribution in [0.1, 0.15) is 25.8 Å². The van der Waals surface area contributed by atoms with Gasteiger partial charge in [-0.25, -0.2) is 0 Å². The van der Waals surface area contributed by atoms with Crippen molar-refractivity contribution in [3.05, 3.63) is 29.8 Å². The van der Waals surface area contributed by atoms with Crippen molar-refractivity contribution < 1.29 is 9.90 Å². The number of alkyl halides is 1. The molecule has 0 heterocycles. The summed E-state index contributed by atoms with van der Waals surface area (Å²) >= 11 is 5.72. The minimum atomic E-state index is -0.0830. The van der Waals surface area contributed by atoms with Crippen molar-refractivity contribution in [1.82, 2.24) is 5.32 Å². The molecule has 0 radical (unpaired) electrons. The standard InChI is InChI=1S/C14H20ClNO2/c1-10(2)12(7-8-15)16-14(18)9-11-5-3-4-6-13(11)17/h3-6,10,12,17H,7-9H2,1-2H3,(H,16,18). The molecule has 3 nitrogen and oxygen atoms in total. The lowest BCUT2D eigenvalue weighted by molar-refractivity contribution is -0.121. The molecule has 0 saturated carbocycles. The van der Waals surface area contributed by atoms with Crippen LogP contribution in [0.5, 0.6) is 5.75 Å². The number of rotatable bonds is 6. The minimum absolute atomic E-state index is 0.0830. The first-order valence-electron chi connectivity index (χ1n) is 6.16. The van der Waals surface area contributed by atoms with Crippen molar-refractivity contribution in [1.29, 1.82) is 0 Å². The van der Waals surface area contributed by atoms with Crippen molar-refractivity contribution in [3.8, 4) is 5.75 Å². The lowest BCUT2D eigenvalue weighted by Gasteiger charge is -2.21. The largest absolute Gasteiger partial charge is 0.508 e. The molecule has 18 heavy (non-hydrogen) atoms. The van der Waals surface area contributed by atoms with Gasteiger partial charge in [-0.2, -0.15) is 0 Å². The fraction of sp³-hybridized carbons (Fsp3) is 0.500. The first kappa shape index (κ1) is 14.8. The number of para-hydroxylation sites is 1. The van der Waals surface area contributed by atoms with Gasteiger partial charge in [0.25, 0.3) is 0 Å². The summed E-state index contributed by atoms with van der Waals surface area (Å²) in [5.74, 6) is 0.947. The number of benzene rings is 1. The molecular formula is C14H20ClNO2. The molecular weight excluding hydrogens is 250 g/mol. The van der Waals surface area contributed by atoms with Gasteiger partial charge in [0.2, 0.25) is 5.91 Å². The van der Waals surface area contributed by atoms with E-state index in [1.807, 2.05) is 0 Å². The van der Waals surface area contributed by atoms with Crippen LogP contribution in [0, 0.1) is 5.92 Å². The monoisotopic (exact) mass is 269 g/mol. The summed E-state index contributed by atoms with van der Waals surface area (Å²) in [6, 6.07) is 6.96. The maximum absolute atomic E-state index is 11.9. The summed E-state index contributed by atoms with van der Waals surface area (Å²) < 4.78 is 0. The first-order chi connectivity index (χ1) is 8.54. The molecule has 1 aromatic rings. The van der Waals surface area contributed by atoms with Crippen LogP contribution in [0.4, 0.5) is 0 Å². The Morgan fingerprint density at radius 3 is 2.61 bits per heavy atom. The van der Waals surface area contributed by atoms with Gasteiger partial charge in [0.05, 0.1) is 6.42 Å². The van der Waals surface area contributed by atoms with Gasteiger partial charge < -0.3 is 10.4 Å². The normalized spacial score (nSPS) is 12.4. The highest BCUT2D eigenvalue weighted by molar-refractivity contribution is 6.17. The van der Waals surface area contributed by atoms with Crippen LogP contribution in [0.3, 0.4) is 0 Å². The molecule has 0 aromatic heterocycles. The Labute approximate surface area is 113 Å². The Kier molecular flexibility index (Phi) is 5.99. The molecule has 1 rings (SSSR count). The summed E-state index contributed by atoms with van der Waals surface area (Å²) in [5.41, 5.74) is 0.642.